The summed E-state index contributed by atoms with van der Waals surface area (Å²) in [6.45, 7) is 0.352. The molecule has 0 aliphatic heterocycles. The molecule has 0 saturated carbocycles. The maximum Gasteiger partial charge on any atom is 0.271 e. The van der Waals surface area contributed by atoms with Gasteiger partial charge in [-0.05, 0) is 12.1 Å². The van der Waals surface area contributed by atoms with Crippen LogP contribution in [0.1, 0.15) is 16.3 Å². The number of amides is 1. The third kappa shape index (κ3) is 2.95. The molecule has 0 spiro atoms. The first-order valence-electron chi connectivity index (χ1n) is 5.12. The molecular formula is C10H10ClN5O2. The highest BCUT2D eigenvalue weighted by atomic mass is 35.5. The number of nitrogens with one attached hydrogen (secondary N) is 1. The van der Waals surface area contributed by atoms with Gasteiger partial charge in [0.1, 0.15) is 11.5 Å². The van der Waals surface area contributed by atoms with E-state index in [1.165, 1.54) is 18.5 Å². The lowest BCUT2D eigenvalue weighted by Gasteiger charge is -2.05. The van der Waals surface area contributed by atoms with Gasteiger partial charge in [-0.2, -0.15) is 4.98 Å². The van der Waals surface area contributed by atoms with Gasteiger partial charge in [-0.1, -0.05) is 16.8 Å². The quantitative estimate of drug-likeness (QED) is 0.843. The number of nitrogens with two attached hydrogens (primary N) is 1. The number of nitrogens with zero attached hydrogens (tertiary/aromatic N) is 3. The van der Waals surface area contributed by atoms with Crippen LogP contribution in [0.4, 0.5) is 5.82 Å². The summed E-state index contributed by atoms with van der Waals surface area (Å²) in [6.07, 6.45) is 1.69. The minimum atomic E-state index is -0.393. The molecule has 7 nitrogen and oxygen atoms in total. The maximum absolute atomic E-state index is 11.8. The smallest absolute Gasteiger partial charge is 0.271 e. The number of aromatic nitrogens is 3. The van der Waals surface area contributed by atoms with Crippen LogP contribution in [0.15, 0.2) is 23.0 Å². The number of carbonyl (C=O) groups is 1. The van der Waals surface area contributed by atoms with Crippen LogP contribution in [-0.2, 0) is 6.42 Å². The molecule has 94 valence electrons. The molecule has 0 radical (unpaired) electrons. The zero-order valence-corrected chi connectivity index (χ0v) is 10.0. The van der Waals surface area contributed by atoms with Crippen LogP contribution in [0, 0.1) is 0 Å². The second-order valence-corrected chi connectivity index (χ2v) is 3.83. The molecule has 18 heavy (non-hydrogen) atoms. The Morgan fingerprint density at radius 2 is 2.33 bits per heavy atom. The van der Waals surface area contributed by atoms with Crippen molar-refractivity contribution in [2.24, 2.45) is 0 Å². The van der Waals surface area contributed by atoms with Gasteiger partial charge >= 0.3 is 0 Å². The Balaban J connectivity index is 1.93. The minimum absolute atomic E-state index is 0.102. The van der Waals surface area contributed by atoms with E-state index in [0.29, 0.717) is 18.8 Å². The summed E-state index contributed by atoms with van der Waals surface area (Å²) in [7, 11) is 0. The highest BCUT2D eigenvalue weighted by Crippen LogP contribution is 2.14. The summed E-state index contributed by atoms with van der Waals surface area (Å²) < 4.78 is 4.57. The lowest BCUT2D eigenvalue weighted by atomic mass is 10.3. The van der Waals surface area contributed by atoms with Gasteiger partial charge in [0, 0.05) is 13.0 Å². The van der Waals surface area contributed by atoms with Gasteiger partial charge in [0.15, 0.2) is 5.82 Å². The van der Waals surface area contributed by atoms with E-state index in [4.69, 9.17) is 17.3 Å². The number of hydrogen-bond acceptors (Lipinski definition) is 6. The van der Waals surface area contributed by atoms with E-state index in [0.717, 1.165) is 0 Å². The van der Waals surface area contributed by atoms with Crippen molar-refractivity contribution >= 4 is 23.3 Å². The lowest BCUT2D eigenvalue weighted by Crippen LogP contribution is -2.27. The SMILES string of the molecule is Nc1ccc(Cl)c(C(=O)NCCc2ncon2)n1. The molecule has 2 aromatic heterocycles. The molecule has 0 saturated heterocycles. The Labute approximate surface area is 107 Å². The highest BCUT2D eigenvalue weighted by Gasteiger charge is 2.12. The minimum Gasteiger partial charge on any atom is -0.384 e. The van der Waals surface area contributed by atoms with E-state index in [1.54, 1.807) is 0 Å². The van der Waals surface area contributed by atoms with E-state index in [-0.39, 0.29) is 16.5 Å². The fourth-order valence-corrected chi connectivity index (χ4v) is 1.48. The van der Waals surface area contributed by atoms with Crippen LogP contribution >= 0.6 is 11.6 Å². The monoisotopic (exact) mass is 267 g/mol. The largest absolute Gasteiger partial charge is 0.384 e. The fourth-order valence-electron chi connectivity index (χ4n) is 1.29. The molecule has 0 aromatic carbocycles. The van der Waals surface area contributed by atoms with Gasteiger partial charge in [-0.25, -0.2) is 4.98 Å². The first-order valence-corrected chi connectivity index (χ1v) is 5.50. The van der Waals surface area contributed by atoms with Crippen LogP contribution < -0.4 is 11.1 Å². The molecule has 0 aliphatic rings. The Hall–Kier alpha value is -2.15. The van der Waals surface area contributed by atoms with E-state index in [9.17, 15) is 4.79 Å². The van der Waals surface area contributed by atoms with Gasteiger partial charge in [-0.3, -0.25) is 4.79 Å². The maximum atomic E-state index is 11.8. The molecular weight excluding hydrogens is 258 g/mol. The first-order chi connectivity index (χ1) is 8.66. The first kappa shape index (κ1) is 12.3. The molecule has 0 atom stereocenters. The lowest BCUT2D eigenvalue weighted by molar-refractivity contribution is 0.0949. The number of anilines is 1. The predicted molar refractivity (Wildman–Crippen MR) is 64.0 cm³/mol. The van der Waals surface area contributed by atoms with Crippen LogP contribution in [0.2, 0.25) is 5.02 Å². The average Bonchev–Trinajstić information content (AvgIpc) is 2.85. The number of rotatable bonds is 4. The van der Waals surface area contributed by atoms with Crippen LogP contribution in [-0.4, -0.2) is 27.6 Å². The van der Waals surface area contributed by atoms with Crippen molar-refractivity contribution in [3.63, 3.8) is 0 Å². The van der Waals surface area contributed by atoms with Crippen molar-refractivity contribution in [2.45, 2.75) is 6.42 Å². The standard InChI is InChI=1S/C10H10ClN5O2/c11-6-1-2-7(12)15-9(6)10(17)13-4-3-8-14-5-18-16-8/h1-2,5H,3-4H2,(H2,12,15)(H,13,17). The average molecular weight is 268 g/mol. The molecule has 2 rings (SSSR count). The van der Waals surface area contributed by atoms with Crippen molar-refractivity contribution in [3.05, 3.63) is 35.1 Å². The zero-order chi connectivity index (χ0) is 13.0. The van der Waals surface area contributed by atoms with Gasteiger partial charge in [0.25, 0.3) is 5.91 Å². The number of nitrogen functional groups attached to an aromatic ring is 1. The Morgan fingerprint density at radius 3 is 3.06 bits per heavy atom. The predicted octanol–water partition coefficient (Wildman–Crippen LogP) is 0.673. The zero-order valence-electron chi connectivity index (χ0n) is 9.26. The molecule has 0 fully saturated rings. The van der Waals surface area contributed by atoms with Crippen LogP contribution in [0.5, 0.6) is 0 Å². The summed E-state index contributed by atoms with van der Waals surface area (Å²) in [6, 6.07) is 3.05. The molecule has 0 unspecified atom stereocenters. The summed E-state index contributed by atoms with van der Waals surface area (Å²) in [4.78, 5) is 19.5. The van der Waals surface area contributed by atoms with Crippen LogP contribution in [0.25, 0.3) is 0 Å². The molecule has 1 amide bonds. The van der Waals surface area contributed by atoms with Crippen molar-refractivity contribution in [2.75, 3.05) is 12.3 Å². The van der Waals surface area contributed by atoms with Crippen molar-refractivity contribution in [3.8, 4) is 0 Å². The molecule has 0 bridgehead atoms. The van der Waals surface area contributed by atoms with E-state index in [1.807, 2.05) is 0 Å². The second kappa shape index (κ2) is 5.46. The molecule has 3 N–H and O–H groups in total. The topological polar surface area (TPSA) is 107 Å². The second-order valence-electron chi connectivity index (χ2n) is 3.42. The fraction of sp³-hybridized carbons (Fsp3) is 0.200. The summed E-state index contributed by atoms with van der Waals surface area (Å²) in [5.41, 5.74) is 5.59. The van der Waals surface area contributed by atoms with Gasteiger partial charge in [-0.15, -0.1) is 0 Å². The third-order valence-corrected chi connectivity index (χ3v) is 2.43. The number of hydrogen-bond donors (Lipinski definition) is 2. The Morgan fingerprint density at radius 1 is 1.50 bits per heavy atom. The van der Waals surface area contributed by atoms with E-state index >= 15 is 0 Å². The summed E-state index contributed by atoms with van der Waals surface area (Å²) in [5.74, 6) is 0.362. The van der Waals surface area contributed by atoms with Crippen LogP contribution in [0.3, 0.4) is 0 Å². The Bertz CT molecular complexity index is 543. The Kier molecular flexibility index (Phi) is 3.73. The molecule has 8 heteroatoms. The third-order valence-electron chi connectivity index (χ3n) is 2.12. The molecule has 0 aliphatic carbocycles. The summed E-state index contributed by atoms with van der Waals surface area (Å²) >= 11 is 5.85. The summed E-state index contributed by atoms with van der Waals surface area (Å²) in [5, 5.41) is 6.51. The number of carbonyl (C=O) groups excluding carboxylic acids is 1. The highest BCUT2D eigenvalue weighted by molar-refractivity contribution is 6.33. The number of pyridine rings is 1. The van der Waals surface area contributed by atoms with Gasteiger partial charge in [0.05, 0.1) is 5.02 Å². The van der Waals surface area contributed by atoms with E-state index < -0.39 is 5.91 Å². The van der Waals surface area contributed by atoms with Crippen molar-refractivity contribution < 1.29 is 9.32 Å². The molecule has 2 heterocycles. The van der Waals surface area contributed by atoms with E-state index in [2.05, 4.69) is 25.0 Å². The van der Waals surface area contributed by atoms with Gasteiger partial charge < -0.3 is 15.6 Å². The normalized spacial score (nSPS) is 10.3. The van der Waals surface area contributed by atoms with Crippen molar-refractivity contribution in [1.29, 1.82) is 0 Å². The molecule has 2 aromatic rings. The van der Waals surface area contributed by atoms with Gasteiger partial charge in [0.2, 0.25) is 6.39 Å². The van der Waals surface area contributed by atoms with Crippen molar-refractivity contribution in [1.82, 2.24) is 20.4 Å². The number of halogens is 1.